The number of hydrogen-bond donors (Lipinski definition) is 2. The number of aromatic nitrogens is 1. The first kappa shape index (κ1) is 19.0. The van der Waals surface area contributed by atoms with E-state index < -0.39 is 35.1 Å². The average molecular weight is 376 g/mol. The van der Waals surface area contributed by atoms with Crippen LogP contribution in [0.1, 0.15) is 25.8 Å². The monoisotopic (exact) mass is 376 g/mol. The molecule has 0 saturated carbocycles. The van der Waals surface area contributed by atoms with Crippen molar-refractivity contribution in [3.05, 3.63) is 23.9 Å². The van der Waals surface area contributed by atoms with E-state index in [0.717, 1.165) is 23.9 Å². The lowest BCUT2D eigenvalue weighted by Gasteiger charge is -2.19. The number of hydrogen-bond acceptors (Lipinski definition) is 5. The summed E-state index contributed by atoms with van der Waals surface area (Å²) in [5.41, 5.74) is 0.212. The lowest BCUT2D eigenvalue weighted by Crippen LogP contribution is -2.49. The van der Waals surface area contributed by atoms with Crippen molar-refractivity contribution < 1.29 is 27.6 Å². The van der Waals surface area contributed by atoms with Crippen LogP contribution in [0.2, 0.25) is 0 Å². The van der Waals surface area contributed by atoms with Crippen LogP contribution in [0.15, 0.2) is 23.4 Å². The van der Waals surface area contributed by atoms with Gasteiger partial charge in [-0.1, -0.05) is 18.7 Å². The van der Waals surface area contributed by atoms with E-state index >= 15 is 0 Å². The zero-order valence-electron chi connectivity index (χ0n) is 13.3. The highest BCUT2D eigenvalue weighted by Gasteiger charge is 2.47. The second-order valence-electron chi connectivity index (χ2n) is 5.46. The molecule has 7 nitrogen and oxygen atoms in total. The Bertz CT molecular complexity index is 696. The minimum atomic E-state index is -4.48. The van der Waals surface area contributed by atoms with Gasteiger partial charge in [0.2, 0.25) is 5.91 Å². The first-order valence-corrected chi connectivity index (χ1v) is 8.17. The van der Waals surface area contributed by atoms with Crippen LogP contribution in [-0.4, -0.2) is 39.1 Å². The van der Waals surface area contributed by atoms with Gasteiger partial charge in [0.15, 0.2) is 0 Å². The molecule has 0 spiro atoms. The highest BCUT2D eigenvalue weighted by Crippen LogP contribution is 2.29. The molecule has 1 aliphatic rings. The molecule has 2 heterocycles. The van der Waals surface area contributed by atoms with Crippen LogP contribution in [0.25, 0.3) is 0 Å². The molecule has 1 aromatic heterocycles. The van der Waals surface area contributed by atoms with Gasteiger partial charge in [0.1, 0.15) is 5.54 Å². The number of carbonyl (C=O) groups is 3. The van der Waals surface area contributed by atoms with Gasteiger partial charge in [-0.2, -0.15) is 18.2 Å². The van der Waals surface area contributed by atoms with Gasteiger partial charge in [0.05, 0.1) is 16.3 Å². The molecule has 0 aromatic carbocycles. The van der Waals surface area contributed by atoms with Crippen molar-refractivity contribution in [3.63, 3.8) is 0 Å². The van der Waals surface area contributed by atoms with E-state index in [9.17, 15) is 27.6 Å². The summed E-state index contributed by atoms with van der Waals surface area (Å²) < 4.78 is 37.3. The van der Waals surface area contributed by atoms with Gasteiger partial charge >= 0.3 is 12.2 Å². The molecule has 1 aromatic rings. The number of amides is 4. The summed E-state index contributed by atoms with van der Waals surface area (Å²) in [6.07, 6.45) is -3.46. The highest BCUT2D eigenvalue weighted by atomic mass is 32.2. The first-order chi connectivity index (χ1) is 11.6. The molecule has 25 heavy (non-hydrogen) atoms. The van der Waals surface area contributed by atoms with E-state index in [1.807, 2.05) is 0 Å². The molecule has 1 unspecified atom stereocenters. The van der Waals surface area contributed by atoms with Crippen LogP contribution in [-0.2, 0) is 15.8 Å². The van der Waals surface area contributed by atoms with Gasteiger partial charge in [-0.15, -0.1) is 0 Å². The first-order valence-electron chi connectivity index (χ1n) is 7.19. The van der Waals surface area contributed by atoms with Crippen molar-refractivity contribution in [2.45, 2.75) is 37.0 Å². The van der Waals surface area contributed by atoms with Crippen molar-refractivity contribution in [1.29, 1.82) is 0 Å². The second kappa shape index (κ2) is 6.90. The molecule has 0 aliphatic carbocycles. The number of halogens is 3. The minimum Gasteiger partial charge on any atom is -0.322 e. The van der Waals surface area contributed by atoms with Crippen LogP contribution >= 0.6 is 11.8 Å². The van der Waals surface area contributed by atoms with Gasteiger partial charge in [-0.05, 0) is 25.5 Å². The van der Waals surface area contributed by atoms with Crippen LogP contribution in [0, 0.1) is 0 Å². The van der Waals surface area contributed by atoms with E-state index in [1.54, 1.807) is 13.8 Å². The maximum atomic E-state index is 12.4. The van der Waals surface area contributed by atoms with E-state index in [2.05, 4.69) is 15.7 Å². The maximum absolute atomic E-state index is 12.4. The quantitative estimate of drug-likeness (QED) is 0.605. The Balaban J connectivity index is 1.91. The Kier molecular flexibility index (Phi) is 5.26. The van der Waals surface area contributed by atoms with Gasteiger partial charge in [-0.25, -0.2) is 9.78 Å². The maximum Gasteiger partial charge on any atom is 0.417 e. The summed E-state index contributed by atoms with van der Waals surface area (Å²) in [4.78, 5) is 39.4. The Morgan fingerprint density at radius 2 is 2.08 bits per heavy atom. The van der Waals surface area contributed by atoms with E-state index in [1.165, 1.54) is 0 Å². The summed E-state index contributed by atoms with van der Waals surface area (Å²) >= 11 is 0.879. The van der Waals surface area contributed by atoms with Crippen molar-refractivity contribution in [2.24, 2.45) is 0 Å². The molecular formula is C14H15F3N4O3S. The molecule has 0 bridgehead atoms. The summed E-state index contributed by atoms with van der Waals surface area (Å²) in [7, 11) is 0. The Morgan fingerprint density at radius 3 is 2.56 bits per heavy atom. The number of urea groups is 1. The topological polar surface area (TPSA) is 91.4 Å². The predicted molar refractivity (Wildman–Crippen MR) is 82.2 cm³/mol. The highest BCUT2D eigenvalue weighted by molar-refractivity contribution is 7.99. The van der Waals surface area contributed by atoms with Crippen LogP contribution < -0.4 is 10.7 Å². The van der Waals surface area contributed by atoms with Crippen molar-refractivity contribution >= 4 is 29.6 Å². The number of alkyl halides is 3. The van der Waals surface area contributed by atoms with Gasteiger partial charge in [0.25, 0.3) is 5.91 Å². The Hall–Kier alpha value is -2.30. The third-order valence-corrected chi connectivity index (χ3v) is 4.56. The molecule has 1 fully saturated rings. The number of rotatable bonds is 5. The number of thioether (sulfide) groups is 1. The summed E-state index contributed by atoms with van der Waals surface area (Å²) in [6.45, 7) is 3.26. The molecule has 1 aliphatic heterocycles. The fraction of sp³-hybridized carbons (Fsp3) is 0.429. The molecule has 2 rings (SSSR count). The number of pyridine rings is 1. The Labute approximate surface area is 145 Å². The van der Waals surface area contributed by atoms with Crippen molar-refractivity contribution in [2.75, 3.05) is 5.75 Å². The van der Waals surface area contributed by atoms with Gasteiger partial charge < -0.3 is 5.32 Å². The summed E-state index contributed by atoms with van der Waals surface area (Å²) in [5.74, 6) is -1.46. The summed E-state index contributed by atoms with van der Waals surface area (Å²) in [6, 6.07) is 1.26. The van der Waals surface area contributed by atoms with Gasteiger partial charge in [0, 0.05) is 6.20 Å². The predicted octanol–water partition coefficient (Wildman–Crippen LogP) is 1.94. The largest absolute Gasteiger partial charge is 0.417 e. The number of hydrazine groups is 1. The number of carbonyl (C=O) groups excluding carboxylic acids is 3. The minimum absolute atomic E-state index is 0.207. The number of imide groups is 1. The molecule has 11 heteroatoms. The standard InChI is InChI=1S/C14H15F3N4O3S/c1-3-13(2)11(23)21(12(24)19-13)20-9(22)7-25-10-5-4-8(6-18-10)14(15,16)17/h4-6H,3,7H2,1-2H3,(H,19,24)(H,20,22). The fourth-order valence-electron chi connectivity index (χ4n) is 1.96. The summed E-state index contributed by atoms with van der Waals surface area (Å²) in [5, 5.41) is 3.29. The molecule has 0 radical (unpaired) electrons. The molecule has 1 atom stereocenters. The second-order valence-corrected chi connectivity index (χ2v) is 6.46. The average Bonchev–Trinajstić information content (AvgIpc) is 2.76. The lowest BCUT2D eigenvalue weighted by molar-refractivity contribution is -0.138. The Morgan fingerprint density at radius 1 is 1.40 bits per heavy atom. The van der Waals surface area contributed by atoms with Crippen molar-refractivity contribution in [3.8, 4) is 0 Å². The van der Waals surface area contributed by atoms with Gasteiger partial charge in [-0.3, -0.25) is 15.0 Å². The molecule has 4 amide bonds. The fourth-order valence-corrected chi connectivity index (χ4v) is 2.59. The SMILES string of the molecule is CCC1(C)NC(=O)N(NC(=O)CSc2ccc(C(F)(F)F)cn2)C1=O. The smallest absolute Gasteiger partial charge is 0.322 e. The third kappa shape index (κ3) is 4.21. The molecule has 1 saturated heterocycles. The van der Waals surface area contributed by atoms with Crippen molar-refractivity contribution in [1.82, 2.24) is 20.7 Å². The van der Waals surface area contributed by atoms with Crippen LogP contribution in [0.5, 0.6) is 0 Å². The normalized spacial score (nSPS) is 20.6. The molecule has 136 valence electrons. The van der Waals surface area contributed by atoms with E-state index in [0.29, 0.717) is 17.6 Å². The zero-order valence-corrected chi connectivity index (χ0v) is 14.1. The molecule has 2 N–H and O–H groups in total. The van der Waals surface area contributed by atoms with Crippen LogP contribution in [0.4, 0.5) is 18.0 Å². The zero-order chi connectivity index (χ0) is 18.8. The molecular weight excluding hydrogens is 361 g/mol. The van der Waals surface area contributed by atoms with E-state index in [4.69, 9.17) is 0 Å². The lowest BCUT2D eigenvalue weighted by atomic mass is 10.00. The number of nitrogens with zero attached hydrogens (tertiary/aromatic N) is 2. The third-order valence-electron chi connectivity index (χ3n) is 3.62. The number of nitrogens with one attached hydrogen (secondary N) is 2. The van der Waals surface area contributed by atoms with Crippen LogP contribution in [0.3, 0.4) is 0 Å². The van der Waals surface area contributed by atoms with E-state index in [-0.39, 0.29) is 10.8 Å².